The zero-order valence-electron chi connectivity index (χ0n) is 23.5. The van der Waals surface area contributed by atoms with E-state index < -0.39 is 6.04 Å². The van der Waals surface area contributed by atoms with Crippen LogP contribution in [0.2, 0.25) is 0 Å². The fourth-order valence-corrected chi connectivity index (χ4v) is 6.50. The van der Waals surface area contributed by atoms with Gasteiger partial charge in [0.15, 0.2) is 6.61 Å². The lowest BCUT2D eigenvalue weighted by atomic mass is 9.93. The van der Waals surface area contributed by atoms with Crippen LogP contribution in [0.5, 0.6) is 5.75 Å². The van der Waals surface area contributed by atoms with Gasteiger partial charge in [-0.3, -0.25) is 14.7 Å². The molecule has 3 aromatic rings. The van der Waals surface area contributed by atoms with Crippen molar-refractivity contribution in [3.8, 4) is 5.75 Å². The molecule has 1 amide bonds. The van der Waals surface area contributed by atoms with Crippen molar-refractivity contribution >= 4 is 5.91 Å². The molecule has 2 aliphatic heterocycles. The van der Waals surface area contributed by atoms with E-state index in [1.807, 2.05) is 36.9 Å². The molecule has 1 aromatic carbocycles. The van der Waals surface area contributed by atoms with Crippen molar-refractivity contribution in [2.45, 2.75) is 77.4 Å². The molecule has 4 heterocycles. The van der Waals surface area contributed by atoms with Crippen LogP contribution < -0.4 is 4.74 Å². The standard InChI is InChI=1S/C32H38FN5O2/c1-3-26-28(11-4-20(2)34-26)40-19-30(39)38-13-12-27-32(31(38)24-10-9-23(16-25(24)33)22-7-8-22)37-15-14-36(17-21-5-6-21)18-29(37)35-27/h4,9-11,16,21-22,31H,3,5-8,12-15,17-19H2,1-2H3. The number of ether oxygens (including phenoxy) is 1. The van der Waals surface area contributed by atoms with Crippen LogP contribution in [0.3, 0.4) is 0 Å². The number of hydrogen-bond acceptors (Lipinski definition) is 5. The summed E-state index contributed by atoms with van der Waals surface area (Å²) in [5.74, 6) is 2.58. The molecule has 0 spiro atoms. The third-order valence-corrected chi connectivity index (χ3v) is 8.99. The molecule has 1 unspecified atom stereocenters. The molecule has 210 valence electrons. The normalized spacial score (nSPS) is 20.8. The van der Waals surface area contributed by atoms with Gasteiger partial charge < -0.3 is 14.2 Å². The first-order chi connectivity index (χ1) is 19.5. The van der Waals surface area contributed by atoms with Crippen LogP contribution in [0.1, 0.15) is 84.3 Å². The Hall–Kier alpha value is -3.26. The summed E-state index contributed by atoms with van der Waals surface area (Å²) in [6.07, 6.45) is 6.28. The molecule has 40 heavy (non-hydrogen) atoms. The summed E-state index contributed by atoms with van der Waals surface area (Å²) >= 11 is 0. The number of pyridine rings is 1. The molecule has 2 aromatic heterocycles. The summed E-state index contributed by atoms with van der Waals surface area (Å²) in [6, 6.07) is 8.92. The number of aryl methyl sites for hydroxylation is 2. The van der Waals surface area contributed by atoms with Gasteiger partial charge in [0.25, 0.3) is 5.91 Å². The average molecular weight is 544 g/mol. The summed E-state index contributed by atoms with van der Waals surface area (Å²) < 4.78 is 24.2. The second kappa shape index (κ2) is 10.3. The van der Waals surface area contributed by atoms with Gasteiger partial charge in [-0.2, -0.15) is 0 Å². The minimum absolute atomic E-state index is 0.110. The number of benzene rings is 1. The fraction of sp³-hybridized carbons (Fsp3) is 0.531. The smallest absolute Gasteiger partial charge is 0.261 e. The minimum Gasteiger partial charge on any atom is -0.482 e. The first-order valence-electron chi connectivity index (χ1n) is 15.0. The van der Waals surface area contributed by atoms with Crippen LogP contribution in [-0.2, 0) is 30.7 Å². The number of fused-ring (bicyclic) bond motifs is 3. The second-order valence-corrected chi connectivity index (χ2v) is 12.0. The largest absolute Gasteiger partial charge is 0.482 e. The number of hydrogen-bond donors (Lipinski definition) is 0. The van der Waals surface area contributed by atoms with Gasteiger partial charge >= 0.3 is 0 Å². The molecular formula is C32H38FN5O2. The van der Waals surface area contributed by atoms with E-state index in [2.05, 4.69) is 20.5 Å². The van der Waals surface area contributed by atoms with Gasteiger partial charge in [-0.25, -0.2) is 9.37 Å². The van der Waals surface area contributed by atoms with Gasteiger partial charge in [-0.1, -0.05) is 19.1 Å². The molecule has 2 aliphatic carbocycles. The van der Waals surface area contributed by atoms with Crippen molar-refractivity contribution in [3.05, 3.63) is 75.9 Å². The van der Waals surface area contributed by atoms with Gasteiger partial charge in [0.2, 0.25) is 0 Å². The maximum absolute atomic E-state index is 15.9. The maximum Gasteiger partial charge on any atom is 0.261 e. The number of aromatic nitrogens is 3. The van der Waals surface area contributed by atoms with E-state index in [0.717, 1.165) is 85.5 Å². The molecule has 7 rings (SSSR count). The van der Waals surface area contributed by atoms with Gasteiger partial charge in [-0.15, -0.1) is 0 Å². The van der Waals surface area contributed by atoms with E-state index in [0.29, 0.717) is 30.2 Å². The number of carbonyl (C=O) groups excluding carboxylic acids is 1. The van der Waals surface area contributed by atoms with Crippen LogP contribution in [0, 0.1) is 18.7 Å². The van der Waals surface area contributed by atoms with Gasteiger partial charge in [-0.05, 0) is 74.6 Å². The highest BCUT2D eigenvalue weighted by molar-refractivity contribution is 5.79. The van der Waals surface area contributed by atoms with E-state index in [4.69, 9.17) is 9.72 Å². The van der Waals surface area contributed by atoms with Crippen LogP contribution in [0.4, 0.5) is 4.39 Å². The molecule has 0 N–H and O–H groups in total. The number of nitrogens with zero attached hydrogens (tertiary/aromatic N) is 5. The monoisotopic (exact) mass is 543 g/mol. The second-order valence-electron chi connectivity index (χ2n) is 12.0. The Kier molecular flexibility index (Phi) is 6.61. The van der Waals surface area contributed by atoms with Crippen molar-refractivity contribution in [2.24, 2.45) is 5.92 Å². The highest BCUT2D eigenvalue weighted by atomic mass is 19.1. The number of amides is 1. The average Bonchev–Trinajstić information content (AvgIpc) is 3.89. The Bertz CT molecular complexity index is 1440. The molecule has 4 aliphatic rings. The van der Waals surface area contributed by atoms with Gasteiger partial charge in [0.05, 0.1) is 23.6 Å². The van der Waals surface area contributed by atoms with Crippen LogP contribution >= 0.6 is 0 Å². The summed E-state index contributed by atoms with van der Waals surface area (Å²) in [5.41, 5.74) is 5.35. The summed E-state index contributed by atoms with van der Waals surface area (Å²) in [6.45, 7) is 8.08. The summed E-state index contributed by atoms with van der Waals surface area (Å²) in [5, 5.41) is 0. The molecule has 0 bridgehead atoms. The fourth-order valence-electron chi connectivity index (χ4n) is 6.50. The number of imidazole rings is 1. The molecule has 0 saturated heterocycles. The lowest BCUT2D eigenvalue weighted by molar-refractivity contribution is -0.135. The van der Waals surface area contributed by atoms with Gasteiger partial charge in [0.1, 0.15) is 23.4 Å². The quantitative estimate of drug-likeness (QED) is 0.403. The lowest BCUT2D eigenvalue weighted by Crippen LogP contribution is -2.44. The third kappa shape index (κ3) is 4.91. The Balaban J connectivity index is 1.21. The Labute approximate surface area is 235 Å². The van der Waals surface area contributed by atoms with E-state index in [-0.39, 0.29) is 18.3 Å². The van der Waals surface area contributed by atoms with E-state index in [1.54, 1.807) is 6.07 Å². The van der Waals surface area contributed by atoms with E-state index >= 15 is 4.39 Å². The minimum atomic E-state index is -0.522. The molecule has 7 nitrogen and oxygen atoms in total. The Morgan fingerprint density at radius 2 is 1.93 bits per heavy atom. The summed E-state index contributed by atoms with van der Waals surface area (Å²) in [4.78, 5) is 27.8. The predicted molar refractivity (Wildman–Crippen MR) is 150 cm³/mol. The lowest BCUT2D eigenvalue weighted by Gasteiger charge is -2.38. The van der Waals surface area contributed by atoms with Crippen molar-refractivity contribution in [1.29, 1.82) is 0 Å². The van der Waals surface area contributed by atoms with Crippen LogP contribution in [0.15, 0.2) is 30.3 Å². The topological polar surface area (TPSA) is 63.5 Å². The van der Waals surface area contributed by atoms with Crippen molar-refractivity contribution in [3.63, 3.8) is 0 Å². The third-order valence-electron chi connectivity index (χ3n) is 8.99. The summed E-state index contributed by atoms with van der Waals surface area (Å²) in [7, 11) is 0. The highest BCUT2D eigenvalue weighted by Crippen LogP contribution is 2.43. The highest BCUT2D eigenvalue weighted by Gasteiger charge is 2.40. The SMILES string of the molecule is CCc1nc(C)ccc1OCC(=O)N1CCc2nc3n(c2C1c1ccc(C2CC2)cc1F)CCN(CC1CC1)C3. The predicted octanol–water partition coefficient (Wildman–Crippen LogP) is 4.94. The maximum atomic E-state index is 15.9. The zero-order valence-corrected chi connectivity index (χ0v) is 23.5. The molecular weight excluding hydrogens is 505 g/mol. The number of halogens is 1. The van der Waals surface area contributed by atoms with Gasteiger partial charge in [0, 0.05) is 43.9 Å². The van der Waals surface area contributed by atoms with Crippen molar-refractivity contribution in [1.82, 2.24) is 24.3 Å². The Morgan fingerprint density at radius 3 is 2.67 bits per heavy atom. The zero-order chi connectivity index (χ0) is 27.4. The first kappa shape index (κ1) is 25.7. The van der Waals surface area contributed by atoms with Crippen molar-refractivity contribution < 1.29 is 13.9 Å². The molecule has 1 atom stereocenters. The number of carbonyl (C=O) groups is 1. The Morgan fingerprint density at radius 1 is 1.07 bits per heavy atom. The first-order valence-corrected chi connectivity index (χ1v) is 15.0. The van der Waals surface area contributed by atoms with Crippen LogP contribution in [-0.4, -0.2) is 56.5 Å². The molecule has 2 fully saturated rings. The molecule has 8 heteroatoms. The van der Waals surface area contributed by atoms with E-state index in [1.165, 1.54) is 12.8 Å². The van der Waals surface area contributed by atoms with Crippen LogP contribution in [0.25, 0.3) is 0 Å². The number of rotatable bonds is 8. The van der Waals surface area contributed by atoms with Crippen molar-refractivity contribution in [2.75, 3.05) is 26.2 Å². The van der Waals surface area contributed by atoms with E-state index in [9.17, 15) is 4.79 Å². The molecule has 0 radical (unpaired) electrons. The molecule has 2 saturated carbocycles.